The molecule has 6 nitrogen and oxygen atoms in total. The van der Waals surface area contributed by atoms with Gasteiger partial charge in [-0.25, -0.2) is 0 Å². The molecule has 2 heterocycles. The zero-order chi connectivity index (χ0) is 20.8. The molecule has 2 aromatic heterocycles. The second kappa shape index (κ2) is 9.47. The summed E-state index contributed by atoms with van der Waals surface area (Å²) in [6.45, 7) is 1.93. The van der Waals surface area contributed by atoms with Gasteiger partial charge < -0.3 is 19.4 Å². The van der Waals surface area contributed by atoms with Crippen molar-refractivity contribution in [1.82, 2.24) is 19.4 Å². The van der Waals surface area contributed by atoms with Gasteiger partial charge in [-0.2, -0.15) is 0 Å². The van der Waals surface area contributed by atoms with Crippen LogP contribution in [-0.2, 0) is 26.7 Å². The first-order chi connectivity index (χ1) is 14.0. The number of nitrogens with one attached hydrogen (secondary N) is 1. The number of pyridine rings is 1. The molecule has 0 aliphatic rings. The predicted molar refractivity (Wildman–Crippen MR) is 118 cm³/mol. The van der Waals surface area contributed by atoms with E-state index in [1.807, 2.05) is 37.0 Å². The fourth-order valence-corrected chi connectivity index (χ4v) is 3.43. The minimum Gasteiger partial charge on any atom is -0.352 e. The van der Waals surface area contributed by atoms with Gasteiger partial charge in [0.15, 0.2) is 5.96 Å². The molecule has 7 heteroatoms. The standard InChI is InChI=1S/C22H26ClN5O/c1-24-22(27(3)16-20-12-19(23)15-26(20)2)25-13-17-7-9-18(10-8-17)14-28-11-5-4-6-21(28)29/h4-12,15H,13-14,16H2,1-3H3,(H,24,25). The van der Waals surface area contributed by atoms with Crippen LogP contribution in [0.15, 0.2) is 70.7 Å². The summed E-state index contributed by atoms with van der Waals surface area (Å²) >= 11 is 6.07. The summed E-state index contributed by atoms with van der Waals surface area (Å²) in [6, 6.07) is 15.4. The highest BCUT2D eigenvalue weighted by atomic mass is 35.5. The van der Waals surface area contributed by atoms with Crippen molar-refractivity contribution < 1.29 is 0 Å². The number of rotatable bonds is 6. The van der Waals surface area contributed by atoms with E-state index >= 15 is 0 Å². The molecule has 0 saturated heterocycles. The SMILES string of the molecule is CN=C(NCc1ccc(Cn2ccccc2=O)cc1)N(C)Cc1cc(Cl)cn1C. The Kier molecular flexibility index (Phi) is 6.77. The first-order valence-corrected chi connectivity index (χ1v) is 9.80. The monoisotopic (exact) mass is 411 g/mol. The van der Waals surface area contributed by atoms with E-state index in [2.05, 4.69) is 39.5 Å². The van der Waals surface area contributed by atoms with Crippen molar-refractivity contribution in [2.24, 2.45) is 12.0 Å². The van der Waals surface area contributed by atoms with Crippen molar-refractivity contribution in [1.29, 1.82) is 0 Å². The van der Waals surface area contributed by atoms with Crippen molar-refractivity contribution >= 4 is 17.6 Å². The number of aliphatic imine (C=N–C) groups is 1. The van der Waals surface area contributed by atoms with E-state index in [0.29, 0.717) is 19.6 Å². The first kappa shape index (κ1) is 20.7. The van der Waals surface area contributed by atoms with Gasteiger partial charge in [0.05, 0.1) is 18.1 Å². The summed E-state index contributed by atoms with van der Waals surface area (Å²) in [5, 5.41) is 4.12. The zero-order valence-corrected chi connectivity index (χ0v) is 17.7. The third-order valence-electron chi connectivity index (χ3n) is 4.77. The Balaban J connectivity index is 1.57. The maximum absolute atomic E-state index is 11.8. The van der Waals surface area contributed by atoms with E-state index in [1.165, 1.54) is 0 Å². The number of aryl methyl sites for hydroxylation is 1. The predicted octanol–water partition coefficient (Wildman–Crippen LogP) is 3.10. The van der Waals surface area contributed by atoms with Crippen LogP contribution in [0.4, 0.5) is 0 Å². The van der Waals surface area contributed by atoms with E-state index in [0.717, 1.165) is 27.8 Å². The molecule has 0 bridgehead atoms. The topological polar surface area (TPSA) is 54.6 Å². The Morgan fingerprint density at radius 1 is 1.17 bits per heavy atom. The lowest BCUT2D eigenvalue weighted by Crippen LogP contribution is -2.38. The number of aromatic nitrogens is 2. The summed E-state index contributed by atoms with van der Waals surface area (Å²) in [4.78, 5) is 18.3. The van der Waals surface area contributed by atoms with Gasteiger partial charge in [-0.3, -0.25) is 9.79 Å². The molecule has 152 valence electrons. The molecule has 0 amide bonds. The number of guanidine groups is 1. The molecule has 0 aliphatic carbocycles. The second-order valence-electron chi connectivity index (χ2n) is 7.00. The van der Waals surface area contributed by atoms with Crippen LogP contribution in [0, 0.1) is 0 Å². The average molecular weight is 412 g/mol. The van der Waals surface area contributed by atoms with Crippen LogP contribution in [0.5, 0.6) is 0 Å². The number of hydrogen-bond donors (Lipinski definition) is 1. The van der Waals surface area contributed by atoms with Crippen LogP contribution in [0.2, 0.25) is 5.02 Å². The summed E-state index contributed by atoms with van der Waals surface area (Å²) in [6.07, 6.45) is 3.70. The quantitative estimate of drug-likeness (QED) is 0.501. The average Bonchev–Trinajstić information content (AvgIpc) is 3.02. The van der Waals surface area contributed by atoms with Crippen molar-refractivity contribution in [3.05, 3.63) is 93.1 Å². The van der Waals surface area contributed by atoms with E-state index in [1.54, 1.807) is 29.9 Å². The van der Waals surface area contributed by atoms with Gasteiger partial charge in [0.2, 0.25) is 0 Å². The maximum atomic E-state index is 11.8. The maximum Gasteiger partial charge on any atom is 0.250 e. The zero-order valence-electron chi connectivity index (χ0n) is 17.0. The molecule has 0 spiro atoms. The molecule has 0 unspecified atom stereocenters. The number of halogens is 1. The smallest absolute Gasteiger partial charge is 0.250 e. The molecule has 0 atom stereocenters. The van der Waals surface area contributed by atoms with Gasteiger partial charge in [-0.1, -0.05) is 41.9 Å². The Morgan fingerprint density at radius 3 is 2.52 bits per heavy atom. The lowest BCUT2D eigenvalue weighted by molar-refractivity contribution is 0.461. The van der Waals surface area contributed by atoms with E-state index in [-0.39, 0.29) is 5.56 Å². The van der Waals surface area contributed by atoms with E-state index in [9.17, 15) is 4.79 Å². The van der Waals surface area contributed by atoms with Crippen molar-refractivity contribution in [3.8, 4) is 0 Å². The van der Waals surface area contributed by atoms with Gasteiger partial charge in [0, 0.05) is 51.8 Å². The third-order valence-corrected chi connectivity index (χ3v) is 4.98. The van der Waals surface area contributed by atoms with Crippen molar-refractivity contribution in [2.45, 2.75) is 19.6 Å². The Morgan fingerprint density at radius 2 is 1.90 bits per heavy atom. The highest BCUT2D eigenvalue weighted by molar-refractivity contribution is 6.30. The molecule has 3 rings (SSSR count). The van der Waals surface area contributed by atoms with Crippen LogP contribution in [0.1, 0.15) is 16.8 Å². The molecule has 1 aromatic carbocycles. The number of hydrogen-bond acceptors (Lipinski definition) is 2. The van der Waals surface area contributed by atoms with Crippen LogP contribution in [0.3, 0.4) is 0 Å². The van der Waals surface area contributed by atoms with Gasteiger partial charge in [-0.15, -0.1) is 0 Å². The summed E-state index contributed by atoms with van der Waals surface area (Å²) in [5.41, 5.74) is 3.35. The van der Waals surface area contributed by atoms with Crippen molar-refractivity contribution in [2.75, 3.05) is 14.1 Å². The Bertz CT molecular complexity index is 1040. The summed E-state index contributed by atoms with van der Waals surface area (Å²) in [7, 11) is 5.75. The Labute approximate surface area is 176 Å². The van der Waals surface area contributed by atoms with Gasteiger partial charge in [-0.05, 0) is 23.3 Å². The molecule has 1 N–H and O–H groups in total. The second-order valence-corrected chi connectivity index (χ2v) is 7.44. The first-order valence-electron chi connectivity index (χ1n) is 9.42. The van der Waals surface area contributed by atoms with Crippen LogP contribution >= 0.6 is 11.6 Å². The number of benzene rings is 1. The lowest BCUT2D eigenvalue weighted by Gasteiger charge is -2.22. The normalized spacial score (nSPS) is 11.5. The van der Waals surface area contributed by atoms with Crippen molar-refractivity contribution in [3.63, 3.8) is 0 Å². The minimum atomic E-state index is 0.00425. The fourth-order valence-electron chi connectivity index (χ4n) is 3.16. The van der Waals surface area contributed by atoms with Crippen LogP contribution in [-0.4, -0.2) is 34.1 Å². The molecule has 29 heavy (non-hydrogen) atoms. The Hall–Kier alpha value is -2.99. The number of nitrogens with zero attached hydrogens (tertiary/aromatic N) is 4. The van der Waals surface area contributed by atoms with Gasteiger partial charge >= 0.3 is 0 Å². The largest absolute Gasteiger partial charge is 0.352 e. The fraction of sp³-hybridized carbons (Fsp3) is 0.273. The minimum absolute atomic E-state index is 0.00425. The highest BCUT2D eigenvalue weighted by Gasteiger charge is 2.10. The van der Waals surface area contributed by atoms with Gasteiger partial charge in [0.1, 0.15) is 0 Å². The van der Waals surface area contributed by atoms with E-state index < -0.39 is 0 Å². The molecular weight excluding hydrogens is 386 g/mol. The highest BCUT2D eigenvalue weighted by Crippen LogP contribution is 2.14. The van der Waals surface area contributed by atoms with Crippen LogP contribution in [0.25, 0.3) is 0 Å². The lowest BCUT2D eigenvalue weighted by atomic mass is 10.1. The molecule has 0 fully saturated rings. The third kappa shape index (κ3) is 5.51. The summed E-state index contributed by atoms with van der Waals surface area (Å²) in [5.74, 6) is 0.808. The molecule has 3 aromatic rings. The summed E-state index contributed by atoms with van der Waals surface area (Å²) < 4.78 is 3.71. The molecule has 0 radical (unpaired) electrons. The van der Waals surface area contributed by atoms with Crippen LogP contribution < -0.4 is 10.9 Å². The molecule has 0 saturated carbocycles. The molecular formula is C22H26ClN5O. The van der Waals surface area contributed by atoms with E-state index in [4.69, 9.17) is 11.6 Å². The molecule has 0 aliphatic heterocycles. The van der Waals surface area contributed by atoms with Gasteiger partial charge in [0.25, 0.3) is 5.56 Å².